The summed E-state index contributed by atoms with van der Waals surface area (Å²) in [6.45, 7) is 2.15. The molecule has 0 unspecified atom stereocenters. The maximum absolute atomic E-state index is 2.63. The molecule has 0 atom stereocenters. The van der Waals surface area contributed by atoms with Crippen LogP contribution in [0.2, 0.25) is 0 Å². The normalized spacial score (nSPS) is 12.7. The van der Waals surface area contributed by atoms with Gasteiger partial charge in [0.25, 0.3) is 0 Å². The van der Waals surface area contributed by atoms with E-state index in [-0.39, 0.29) is 6.85 Å². The van der Waals surface area contributed by atoms with E-state index in [4.69, 9.17) is 0 Å². The number of fused-ring (bicyclic) bond motifs is 7. The third-order valence-electron chi connectivity index (χ3n) is 12.7. The van der Waals surface area contributed by atoms with Gasteiger partial charge in [0.2, 0.25) is 0 Å². The SMILES string of the molecule is Cc1ccc(-c2ccccc2)cc1N1c2cc3ccccc3cc2B2c3c(cc(-c4ccccc4)cc31)-c1c(ccc3ccccc13)N2c1ccc(-c2ccccc2)cc1. The molecule has 10 aromatic rings. The summed E-state index contributed by atoms with van der Waals surface area (Å²) >= 11 is 0. The van der Waals surface area contributed by atoms with E-state index >= 15 is 0 Å². The van der Waals surface area contributed by atoms with Crippen LogP contribution in [0.5, 0.6) is 0 Å². The van der Waals surface area contributed by atoms with Crippen LogP contribution in [0.25, 0.3) is 66.1 Å². The van der Waals surface area contributed by atoms with E-state index in [0.29, 0.717) is 0 Å². The Morgan fingerprint density at radius 3 is 1.62 bits per heavy atom. The number of nitrogens with zero attached hydrogens (tertiary/aromatic N) is 2. The van der Waals surface area contributed by atoms with Gasteiger partial charge in [-0.1, -0.05) is 176 Å². The van der Waals surface area contributed by atoms with E-state index in [1.165, 1.54) is 105 Å². The van der Waals surface area contributed by atoms with Crippen LogP contribution >= 0.6 is 0 Å². The molecule has 12 rings (SSSR count). The van der Waals surface area contributed by atoms with Crippen LogP contribution in [-0.4, -0.2) is 6.85 Å². The minimum atomic E-state index is -0.107. The Labute approximate surface area is 351 Å². The number of anilines is 5. The molecule has 60 heavy (non-hydrogen) atoms. The summed E-state index contributed by atoms with van der Waals surface area (Å²) in [6.07, 6.45) is 0. The van der Waals surface area contributed by atoms with Gasteiger partial charge in [-0.3, -0.25) is 0 Å². The van der Waals surface area contributed by atoms with Crippen LogP contribution in [0.1, 0.15) is 5.56 Å². The second-order valence-electron chi connectivity index (χ2n) is 16.1. The highest BCUT2D eigenvalue weighted by molar-refractivity contribution is 6.94. The molecule has 0 saturated carbocycles. The minimum Gasteiger partial charge on any atom is -0.376 e. The van der Waals surface area contributed by atoms with Gasteiger partial charge in [0.1, 0.15) is 0 Å². The first-order valence-electron chi connectivity index (χ1n) is 20.9. The Morgan fingerprint density at radius 2 is 0.917 bits per heavy atom. The molecule has 0 spiro atoms. The monoisotopic (exact) mass is 762 g/mol. The van der Waals surface area contributed by atoms with E-state index in [9.17, 15) is 0 Å². The molecule has 0 aliphatic carbocycles. The first-order valence-corrected chi connectivity index (χ1v) is 20.9. The highest BCUT2D eigenvalue weighted by Crippen LogP contribution is 2.51. The molecule has 2 aliphatic rings. The lowest BCUT2D eigenvalue weighted by molar-refractivity contribution is 1.25. The standard InChI is InChI=1S/C57H39BN2/c1-38-25-26-46(40-17-7-3-8-18-40)35-53(38)59-54-36-45-23-12-11-22-44(45)34-51(54)58-57-50(33-47(37-55(57)59)41-19-9-4-10-20-41)56-49-24-14-13-21-43(49)29-32-52(56)60(58)48-30-27-42(28-31-48)39-15-5-2-6-16-39/h2-37H,1H3. The topological polar surface area (TPSA) is 6.48 Å². The van der Waals surface area contributed by atoms with Gasteiger partial charge in [0.15, 0.2) is 0 Å². The van der Waals surface area contributed by atoms with Crippen molar-refractivity contribution < 1.29 is 0 Å². The molecule has 0 fully saturated rings. The Balaban J connectivity index is 1.21. The molecule has 0 N–H and O–H groups in total. The fourth-order valence-corrected chi connectivity index (χ4v) is 9.86. The van der Waals surface area contributed by atoms with E-state index in [0.717, 1.165) is 5.69 Å². The summed E-state index contributed by atoms with van der Waals surface area (Å²) < 4.78 is 0. The van der Waals surface area contributed by atoms with Crippen molar-refractivity contribution in [1.29, 1.82) is 0 Å². The Morgan fingerprint density at radius 1 is 0.367 bits per heavy atom. The van der Waals surface area contributed by atoms with Crippen molar-refractivity contribution in [2.24, 2.45) is 0 Å². The first-order chi connectivity index (χ1) is 29.7. The maximum Gasteiger partial charge on any atom is 0.333 e. The van der Waals surface area contributed by atoms with Gasteiger partial charge < -0.3 is 9.71 Å². The van der Waals surface area contributed by atoms with Gasteiger partial charge in [0.05, 0.1) is 0 Å². The van der Waals surface area contributed by atoms with Crippen LogP contribution in [-0.2, 0) is 0 Å². The Hall–Kier alpha value is -7.62. The van der Waals surface area contributed by atoms with Crippen molar-refractivity contribution in [3.05, 3.63) is 224 Å². The Bertz CT molecular complexity index is 3270. The van der Waals surface area contributed by atoms with Gasteiger partial charge >= 0.3 is 6.85 Å². The largest absolute Gasteiger partial charge is 0.376 e. The molecule has 2 aliphatic heterocycles. The third kappa shape index (κ3) is 5.43. The van der Waals surface area contributed by atoms with Crippen LogP contribution in [0.3, 0.4) is 0 Å². The van der Waals surface area contributed by atoms with Gasteiger partial charge in [-0.05, 0) is 126 Å². The highest BCUT2D eigenvalue weighted by atomic mass is 15.2. The average Bonchev–Trinajstić information content (AvgIpc) is 3.32. The van der Waals surface area contributed by atoms with E-state index in [1.807, 2.05) is 0 Å². The molecule has 0 saturated heterocycles. The van der Waals surface area contributed by atoms with Crippen LogP contribution in [0.15, 0.2) is 218 Å². The van der Waals surface area contributed by atoms with Crippen LogP contribution in [0, 0.1) is 6.92 Å². The number of benzene rings is 10. The summed E-state index contributed by atoms with van der Waals surface area (Å²) in [5, 5.41) is 4.95. The summed E-state index contributed by atoms with van der Waals surface area (Å²) in [5.74, 6) is 0. The smallest absolute Gasteiger partial charge is 0.333 e. The zero-order valence-corrected chi connectivity index (χ0v) is 33.3. The molecule has 0 radical (unpaired) electrons. The first kappa shape index (κ1) is 34.4. The number of aryl methyl sites for hydroxylation is 1. The van der Waals surface area contributed by atoms with Crippen molar-refractivity contribution in [2.45, 2.75) is 6.92 Å². The van der Waals surface area contributed by atoms with Gasteiger partial charge in [-0.25, -0.2) is 0 Å². The lowest BCUT2D eigenvalue weighted by Crippen LogP contribution is -2.61. The van der Waals surface area contributed by atoms with E-state index in [2.05, 4.69) is 235 Å². The molecule has 3 heteroatoms. The molecule has 10 aromatic carbocycles. The van der Waals surface area contributed by atoms with Crippen molar-refractivity contribution in [1.82, 2.24) is 0 Å². The highest BCUT2D eigenvalue weighted by Gasteiger charge is 2.46. The van der Waals surface area contributed by atoms with Crippen LogP contribution < -0.4 is 20.6 Å². The van der Waals surface area contributed by atoms with Crippen molar-refractivity contribution in [3.8, 4) is 44.5 Å². The molecule has 2 nitrogen and oxygen atoms in total. The summed E-state index contributed by atoms with van der Waals surface area (Å²) in [4.78, 5) is 5.21. The number of hydrogen-bond acceptors (Lipinski definition) is 2. The fourth-order valence-electron chi connectivity index (χ4n) is 9.86. The zero-order chi connectivity index (χ0) is 39.7. The average molecular weight is 763 g/mol. The summed E-state index contributed by atoms with van der Waals surface area (Å²) in [7, 11) is 0. The fraction of sp³-hybridized carbons (Fsp3) is 0.0175. The van der Waals surface area contributed by atoms with E-state index < -0.39 is 0 Å². The predicted octanol–water partition coefficient (Wildman–Crippen LogP) is 14.0. The van der Waals surface area contributed by atoms with Crippen LogP contribution in [0.4, 0.5) is 28.4 Å². The van der Waals surface area contributed by atoms with Crippen molar-refractivity contribution >= 4 is 67.8 Å². The number of rotatable bonds is 5. The molecule has 0 aromatic heterocycles. The Kier molecular flexibility index (Phi) is 7.89. The summed E-state index contributed by atoms with van der Waals surface area (Å²) in [6, 6.07) is 80.8. The summed E-state index contributed by atoms with van der Waals surface area (Å²) in [5.41, 5.74) is 19.6. The quantitative estimate of drug-likeness (QED) is 0.161. The molecule has 280 valence electrons. The second kappa shape index (κ2) is 13.8. The number of hydrogen-bond donors (Lipinski definition) is 0. The molecule has 2 heterocycles. The van der Waals surface area contributed by atoms with Crippen molar-refractivity contribution in [3.63, 3.8) is 0 Å². The van der Waals surface area contributed by atoms with Crippen molar-refractivity contribution in [2.75, 3.05) is 9.71 Å². The zero-order valence-electron chi connectivity index (χ0n) is 33.3. The minimum absolute atomic E-state index is 0.107. The van der Waals surface area contributed by atoms with Gasteiger partial charge in [-0.2, -0.15) is 0 Å². The molecular formula is C57H39BN2. The molecular weight excluding hydrogens is 723 g/mol. The van der Waals surface area contributed by atoms with E-state index in [1.54, 1.807) is 0 Å². The lowest BCUT2D eigenvalue weighted by atomic mass is 9.43. The second-order valence-corrected chi connectivity index (χ2v) is 16.1. The molecule has 0 amide bonds. The van der Waals surface area contributed by atoms with Gasteiger partial charge in [0, 0.05) is 34.0 Å². The molecule has 0 bridgehead atoms. The maximum atomic E-state index is 2.63. The lowest BCUT2D eigenvalue weighted by Gasteiger charge is -2.46. The predicted molar refractivity (Wildman–Crippen MR) is 256 cm³/mol. The third-order valence-corrected chi connectivity index (χ3v) is 12.7. The van der Waals surface area contributed by atoms with Gasteiger partial charge in [-0.15, -0.1) is 0 Å².